The van der Waals surface area contributed by atoms with E-state index in [1.807, 2.05) is 36.0 Å². The highest BCUT2D eigenvalue weighted by molar-refractivity contribution is 7.99. The summed E-state index contributed by atoms with van der Waals surface area (Å²) in [4.78, 5) is 12.4. The van der Waals surface area contributed by atoms with Gasteiger partial charge in [0, 0.05) is 9.92 Å². The van der Waals surface area contributed by atoms with Gasteiger partial charge in [-0.25, -0.2) is 0 Å². The first-order valence-corrected chi connectivity index (χ1v) is 8.57. The van der Waals surface area contributed by atoms with E-state index in [9.17, 15) is 4.79 Å². The van der Waals surface area contributed by atoms with Crippen molar-refractivity contribution in [2.24, 2.45) is 0 Å². The monoisotopic (exact) mass is 334 g/mol. The van der Waals surface area contributed by atoms with Gasteiger partial charge in [0.05, 0.1) is 13.5 Å². The van der Waals surface area contributed by atoms with Gasteiger partial charge in [-0.05, 0) is 54.0 Å². The third kappa shape index (κ3) is 5.74. The fourth-order valence-electron chi connectivity index (χ4n) is 2.06. The van der Waals surface area contributed by atoms with Crippen molar-refractivity contribution in [3.63, 3.8) is 0 Å². The van der Waals surface area contributed by atoms with Crippen molar-refractivity contribution in [3.8, 4) is 0 Å². The van der Waals surface area contributed by atoms with Crippen LogP contribution in [0.5, 0.6) is 0 Å². The Balaban J connectivity index is 1.72. The summed E-state index contributed by atoms with van der Waals surface area (Å²) in [5.74, 6) is 0.873. The molecule has 22 heavy (non-hydrogen) atoms. The molecule has 2 aromatic carbocycles. The van der Waals surface area contributed by atoms with Crippen LogP contribution in [-0.4, -0.2) is 18.8 Å². The second-order valence-electron chi connectivity index (χ2n) is 4.98. The molecule has 0 atom stereocenters. The zero-order valence-electron chi connectivity index (χ0n) is 12.5. The highest BCUT2D eigenvalue weighted by atomic mass is 35.5. The molecule has 0 aromatic heterocycles. The number of rotatable bonds is 7. The average Bonchev–Trinajstić information content (AvgIpc) is 2.54. The molecule has 116 valence electrons. The van der Waals surface area contributed by atoms with Gasteiger partial charge >= 0.3 is 5.97 Å². The number of carbonyl (C=O) groups excluding carboxylic acids is 1. The van der Waals surface area contributed by atoms with Gasteiger partial charge in [0.25, 0.3) is 0 Å². The summed E-state index contributed by atoms with van der Waals surface area (Å²) in [7, 11) is 1.41. The predicted molar refractivity (Wildman–Crippen MR) is 92.7 cm³/mol. The van der Waals surface area contributed by atoms with Gasteiger partial charge in [0.2, 0.25) is 0 Å². The zero-order chi connectivity index (χ0) is 15.8. The van der Waals surface area contributed by atoms with Crippen LogP contribution in [0.2, 0.25) is 5.02 Å². The summed E-state index contributed by atoms with van der Waals surface area (Å²) in [5.41, 5.74) is 2.29. The van der Waals surface area contributed by atoms with Crippen molar-refractivity contribution in [2.45, 2.75) is 24.2 Å². The average molecular weight is 335 g/mol. The van der Waals surface area contributed by atoms with E-state index in [4.69, 9.17) is 11.6 Å². The quantitative estimate of drug-likeness (QED) is 0.414. The van der Waals surface area contributed by atoms with Crippen molar-refractivity contribution in [1.82, 2.24) is 0 Å². The Morgan fingerprint density at radius 2 is 1.68 bits per heavy atom. The topological polar surface area (TPSA) is 26.3 Å². The van der Waals surface area contributed by atoms with Gasteiger partial charge < -0.3 is 4.74 Å². The number of thioether (sulfide) groups is 1. The van der Waals surface area contributed by atoms with Crippen molar-refractivity contribution in [2.75, 3.05) is 12.9 Å². The lowest BCUT2D eigenvalue weighted by molar-refractivity contribution is -0.139. The fraction of sp³-hybridized carbons (Fsp3) is 0.278. The molecule has 0 aliphatic rings. The first-order chi connectivity index (χ1) is 10.7. The lowest BCUT2D eigenvalue weighted by Gasteiger charge is -2.04. The molecule has 0 bridgehead atoms. The fourth-order valence-corrected chi connectivity index (χ4v) is 3.04. The SMILES string of the molecule is COC(=O)Cc1ccc(CCCSc2ccc(Cl)cc2)cc1. The van der Waals surface area contributed by atoms with Gasteiger partial charge in [-0.15, -0.1) is 11.8 Å². The number of aryl methyl sites for hydroxylation is 1. The lowest BCUT2D eigenvalue weighted by atomic mass is 10.1. The Hall–Kier alpha value is -1.45. The first kappa shape index (κ1) is 16.9. The molecule has 0 N–H and O–H groups in total. The molecule has 0 heterocycles. The maximum atomic E-state index is 11.2. The van der Waals surface area contributed by atoms with E-state index in [2.05, 4.69) is 29.0 Å². The smallest absolute Gasteiger partial charge is 0.309 e. The number of halogens is 1. The first-order valence-electron chi connectivity index (χ1n) is 7.20. The van der Waals surface area contributed by atoms with Crippen LogP contribution in [0, 0.1) is 0 Å². The second-order valence-corrected chi connectivity index (χ2v) is 6.58. The van der Waals surface area contributed by atoms with Crippen LogP contribution in [0.25, 0.3) is 0 Å². The molecular formula is C18H19ClO2S. The van der Waals surface area contributed by atoms with Gasteiger partial charge in [-0.2, -0.15) is 0 Å². The third-order valence-electron chi connectivity index (χ3n) is 3.29. The summed E-state index contributed by atoms with van der Waals surface area (Å²) in [6.45, 7) is 0. The van der Waals surface area contributed by atoms with E-state index in [0.717, 1.165) is 29.2 Å². The number of benzene rings is 2. The van der Waals surface area contributed by atoms with Crippen LogP contribution in [0.3, 0.4) is 0 Å². The Morgan fingerprint density at radius 3 is 2.32 bits per heavy atom. The molecule has 0 amide bonds. The molecular weight excluding hydrogens is 316 g/mol. The second kappa shape index (κ2) is 8.86. The number of hydrogen-bond donors (Lipinski definition) is 0. The standard InChI is InChI=1S/C18H19ClO2S/c1-21-18(20)13-15-6-4-14(5-7-15)3-2-12-22-17-10-8-16(19)9-11-17/h4-11H,2-3,12-13H2,1H3. The third-order valence-corrected chi connectivity index (χ3v) is 4.64. The summed E-state index contributed by atoms with van der Waals surface area (Å²) >= 11 is 7.71. The molecule has 0 aliphatic carbocycles. The number of ether oxygens (including phenoxy) is 1. The van der Waals surface area contributed by atoms with Crippen LogP contribution < -0.4 is 0 Å². The Kier molecular flexibility index (Phi) is 6.81. The number of esters is 1. The van der Waals surface area contributed by atoms with Gasteiger partial charge in [0.15, 0.2) is 0 Å². The van der Waals surface area contributed by atoms with Crippen LogP contribution in [0.4, 0.5) is 0 Å². The van der Waals surface area contributed by atoms with Crippen molar-refractivity contribution >= 4 is 29.3 Å². The van der Waals surface area contributed by atoms with Crippen LogP contribution >= 0.6 is 23.4 Å². The van der Waals surface area contributed by atoms with E-state index >= 15 is 0 Å². The highest BCUT2D eigenvalue weighted by Crippen LogP contribution is 2.21. The summed E-state index contributed by atoms with van der Waals surface area (Å²) < 4.78 is 4.66. The molecule has 4 heteroatoms. The minimum Gasteiger partial charge on any atom is -0.469 e. The summed E-state index contributed by atoms with van der Waals surface area (Å²) in [6.07, 6.45) is 2.49. The van der Waals surface area contributed by atoms with E-state index < -0.39 is 0 Å². The van der Waals surface area contributed by atoms with Crippen LogP contribution in [0.15, 0.2) is 53.4 Å². The van der Waals surface area contributed by atoms with Crippen LogP contribution in [-0.2, 0) is 22.4 Å². The molecule has 2 rings (SSSR count). The lowest BCUT2D eigenvalue weighted by Crippen LogP contribution is -2.04. The van der Waals surface area contributed by atoms with Crippen molar-refractivity contribution in [3.05, 3.63) is 64.7 Å². The minimum atomic E-state index is -0.202. The Morgan fingerprint density at radius 1 is 1.05 bits per heavy atom. The molecule has 0 saturated heterocycles. The summed E-state index contributed by atoms with van der Waals surface area (Å²) in [5, 5.41) is 0.774. The van der Waals surface area contributed by atoms with Gasteiger partial charge in [-0.3, -0.25) is 4.79 Å². The number of carbonyl (C=O) groups is 1. The molecule has 0 unspecified atom stereocenters. The maximum Gasteiger partial charge on any atom is 0.309 e. The summed E-state index contributed by atoms with van der Waals surface area (Å²) in [6, 6.07) is 16.1. The van der Waals surface area contributed by atoms with Crippen molar-refractivity contribution < 1.29 is 9.53 Å². The van der Waals surface area contributed by atoms with E-state index in [-0.39, 0.29) is 5.97 Å². The molecule has 0 radical (unpaired) electrons. The molecule has 2 nitrogen and oxygen atoms in total. The van der Waals surface area contributed by atoms with E-state index in [0.29, 0.717) is 6.42 Å². The predicted octanol–water partition coefficient (Wildman–Crippen LogP) is 4.78. The van der Waals surface area contributed by atoms with Gasteiger partial charge in [0.1, 0.15) is 0 Å². The Bertz CT molecular complexity index is 593. The number of methoxy groups -OCH3 is 1. The molecule has 0 saturated carbocycles. The minimum absolute atomic E-state index is 0.202. The normalized spacial score (nSPS) is 10.5. The molecule has 2 aromatic rings. The molecule has 0 fully saturated rings. The zero-order valence-corrected chi connectivity index (χ0v) is 14.1. The number of hydrogen-bond acceptors (Lipinski definition) is 3. The highest BCUT2D eigenvalue weighted by Gasteiger charge is 2.02. The van der Waals surface area contributed by atoms with Gasteiger partial charge in [-0.1, -0.05) is 35.9 Å². The van der Waals surface area contributed by atoms with E-state index in [1.54, 1.807) is 0 Å². The van der Waals surface area contributed by atoms with Crippen molar-refractivity contribution in [1.29, 1.82) is 0 Å². The molecule has 0 spiro atoms. The van der Waals surface area contributed by atoms with Crippen LogP contribution in [0.1, 0.15) is 17.5 Å². The largest absolute Gasteiger partial charge is 0.469 e. The Labute approximate surface area is 140 Å². The van der Waals surface area contributed by atoms with E-state index in [1.165, 1.54) is 17.6 Å². The molecule has 0 aliphatic heterocycles. The maximum absolute atomic E-state index is 11.2.